The molecule has 0 radical (unpaired) electrons. The van der Waals surface area contributed by atoms with Crippen LogP contribution in [0.4, 0.5) is 0 Å². The van der Waals surface area contributed by atoms with Crippen LogP contribution in [0.3, 0.4) is 0 Å². The molecule has 0 bridgehead atoms. The number of hydrogen-bond donors (Lipinski definition) is 0. The van der Waals surface area contributed by atoms with Gasteiger partial charge in [-0.3, -0.25) is 4.79 Å². The van der Waals surface area contributed by atoms with E-state index >= 15 is 0 Å². The highest BCUT2D eigenvalue weighted by Crippen LogP contribution is 2.32. The van der Waals surface area contributed by atoms with E-state index < -0.39 is 0 Å². The van der Waals surface area contributed by atoms with E-state index in [1.165, 1.54) is 64.2 Å². The summed E-state index contributed by atoms with van der Waals surface area (Å²) in [6.07, 6.45) is 14.1. The lowest BCUT2D eigenvalue weighted by molar-refractivity contribution is 0.0447. The number of aryl methyl sites for hydroxylation is 1. The van der Waals surface area contributed by atoms with Gasteiger partial charge in [-0.2, -0.15) is 0 Å². The second-order valence-corrected chi connectivity index (χ2v) is 6.69. The van der Waals surface area contributed by atoms with Gasteiger partial charge in [-0.1, -0.05) is 38.5 Å². The molecule has 3 nitrogen and oxygen atoms in total. The first-order valence-electron chi connectivity index (χ1n) is 8.64. The topological polar surface area (TPSA) is 33.5 Å². The highest BCUT2D eigenvalue weighted by Gasteiger charge is 2.33. The third-order valence-electron chi connectivity index (χ3n) is 5.26. The van der Waals surface area contributed by atoms with Gasteiger partial charge in [0.15, 0.2) is 0 Å². The van der Waals surface area contributed by atoms with E-state index in [-0.39, 0.29) is 5.91 Å². The first kappa shape index (κ1) is 14.7. The molecule has 1 aromatic heterocycles. The lowest BCUT2D eigenvalue weighted by atomic mass is 9.88. The van der Waals surface area contributed by atoms with Crippen molar-refractivity contribution < 1.29 is 9.21 Å². The molecule has 21 heavy (non-hydrogen) atoms. The SMILES string of the molecule is Cc1occc1C(=O)N(C1CCCCC1)C1CCCCC1. The second-order valence-electron chi connectivity index (χ2n) is 6.69. The lowest BCUT2D eigenvalue weighted by Gasteiger charge is -2.41. The Hall–Kier alpha value is -1.25. The minimum Gasteiger partial charge on any atom is -0.469 e. The summed E-state index contributed by atoms with van der Waals surface area (Å²) >= 11 is 0. The fourth-order valence-corrected chi connectivity index (χ4v) is 4.09. The first-order chi connectivity index (χ1) is 10.3. The van der Waals surface area contributed by atoms with Gasteiger partial charge in [-0.15, -0.1) is 0 Å². The van der Waals surface area contributed by atoms with Crippen molar-refractivity contribution in [3.63, 3.8) is 0 Å². The maximum Gasteiger partial charge on any atom is 0.257 e. The maximum atomic E-state index is 13.1. The quantitative estimate of drug-likeness (QED) is 0.808. The van der Waals surface area contributed by atoms with Crippen LogP contribution in [0.5, 0.6) is 0 Å². The van der Waals surface area contributed by atoms with E-state index in [1.54, 1.807) is 6.26 Å². The van der Waals surface area contributed by atoms with Crippen LogP contribution in [-0.2, 0) is 0 Å². The van der Waals surface area contributed by atoms with Gasteiger partial charge in [0, 0.05) is 12.1 Å². The fourth-order valence-electron chi connectivity index (χ4n) is 4.09. The van der Waals surface area contributed by atoms with E-state index in [9.17, 15) is 4.79 Å². The monoisotopic (exact) mass is 289 g/mol. The van der Waals surface area contributed by atoms with Crippen LogP contribution in [-0.4, -0.2) is 22.9 Å². The van der Waals surface area contributed by atoms with Gasteiger partial charge < -0.3 is 9.32 Å². The highest BCUT2D eigenvalue weighted by atomic mass is 16.3. The molecule has 2 aliphatic carbocycles. The zero-order chi connectivity index (χ0) is 14.7. The van der Waals surface area contributed by atoms with Gasteiger partial charge in [-0.25, -0.2) is 0 Å². The Morgan fingerprint density at radius 1 is 1.00 bits per heavy atom. The molecule has 2 saturated carbocycles. The summed E-state index contributed by atoms with van der Waals surface area (Å²) in [6, 6.07) is 2.74. The van der Waals surface area contributed by atoms with Crippen LogP contribution in [0, 0.1) is 6.92 Å². The predicted molar refractivity (Wildman–Crippen MR) is 83.4 cm³/mol. The number of carbonyl (C=O) groups excluding carboxylic acids is 1. The van der Waals surface area contributed by atoms with E-state index in [0.29, 0.717) is 12.1 Å². The third kappa shape index (κ3) is 3.17. The molecule has 0 aliphatic heterocycles. The highest BCUT2D eigenvalue weighted by molar-refractivity contribution is 5.95. The molecule has 0 saturated heterocycles. The number of carbonyl (C=O) groups is 1. The molecule has 0 atom stereocenters. The van der Waals surface area contributed by atoms with Crippen molar-refractivity contribution in [2.45, 2.75) is 83.2 Å². The lowest BCUT2D eigenvalue weighted by Crippen LogP contribution is -2.48. The molecule has 3 rings (SSSR count). The number of furan rings is 1. The molecular weight excluding hydrogens is 262 g/mol. The normalized spacial score (nSPS) is 21.4. The molecule has 0 spiro atoms. The third-order valence-corrected chi connectivity index (χ3v) is 5.26. The summed E-state index contributed by atoms with van der Waals surface area (Å²) in [6.45, 7) is 1.90. The Bertz CT molecular complexity index is 449. The van der Waals surface area contributed by atoms with Crippen LogP contribution in [0.1, 0.15) is 80.3 Å². The van der Waals surface area contributed by atoms with Crippen LogP contribution in [0.25, 0.3) is 0 Å². The van der Waals surface area contributed by atoms with Crippen molar-refractivity contribution in [3.8, 4) is 0 Å². The molecule has 0 unspecified atom stereocenters. The van der Waals surface area contributed by atoms with Crippen LogP contribution >= 0.6 is 0 Å². The van der Waals surface area contributed by atoms with Gasteiger partial charge in [0.05, 0.1) is 11.8 Å². The van der Waals surface area contributed by atoms with Gasteiger partial charge in [0.25, 0.3) is 5.91 Å². The molecule has 116 valence electrons. The van der Waals surface area contributed by atoms with Crippen LogP contribution in [0.15, 0.2) is 16.7 Å². The van der Waals surface area contributed by atoms with Crippen LogP contribution in [0.2, 0.25) is 0 Å². The average Bonchev–Trinajstić information content (AvgIpc) is 2.96. The van der Waals surface area contributed by atoms with Gasteiger partial charge in [-0.05, 0) is 38.7 Å². The molecule has 2 fully saturated rings. The zero-order valence-corrected chi connectivity index (χ0v) is 13.1. The van der Waals surface area contributed by atoms with Crippen molar-refractivity contribution in [2.24, 2.45) is 0 Å². The molecular formula is C18H27NO2. The summed E-state index contributed by atoms with van der Waals surface area (Å²) < 4.78 is 5.36. The number of amides is 1. The van der Waals surface area contributed by atoms with Crippen molar-refractivity contribution in [1.82, 2.24) is 4.90 Å². The first-order valence-corrected chi connectivity index (χ1v) is 8.64. The van der Waals surface area contributed by atoms with Crippen molar-refractivity contribution in [1.29, 1.82) is 0 Å². The van der Waals surface area contributed by atoms with E-state index in [2.05, 4.69) is 4.90 Å². The standard InChI is InChI=1S/C18H27NO2/c1-14-17(12-13-21-14)18(20)19(15-8-4-2-5-9-15)16-10-6-3-7-11-16/h12-13,15-16H,2-11H2,1H3. The molecule has 3 heteroatoms. The average molecular weight is 289 g/mol. The van der Waals surface area contributed by atoms with Crippen molar-refractivity contribution in [2.75, 3.05) is 0 Å². The molecule has 0 N–H and O–H groups in total. The number of nitrogens with zero attached hydrogens (tertiary/aromatic N) is 1. The van der Waals surface area contributed by atoms with Gasteiger partial charge in [0.2, 0.25) is 0 Å². The smallest absolute Gasteiger partial charge is 0.257 e. The molecule has 2 aliphatic rings. The van der Waals surface area contributed by atoms with E-state index in [4.69, 9.17) is 4.42 Å². The van der Waals surface area contributed by atoms with Gasteiger partial charge in [0.1, 0.15) is 5.76 Å². The number of rotatable bonds is 3. The Morgan fingerprint density at radius 2 is 1.52 bits per heavy atom. The Kier molecular flexibility index (Phi) is 4.67. The Morgan fingerprint density at radius 3 is 1.95 bits per heavy atom. The zero-order valence-electron chi connectivity index (χ0n) is 13.1. The summed E-state index contributed by atoms with van der Waals surface area (Å²) in [4.78, 5) is 15.3. The number of hydrogen-bond acceptors (Lipinski definition) is 2. The minimum absolute atomic E-state index is 0.208. The van der Waals surface area contributed by atoms with E-state index in [1.807, 2.05) is 13.0 Å². The molecule has 0 aromatic carbocycles. The summed E-state index contributed by atoms with van der Waals surface area (Å²) in [5.41, 5.74) is 0.770. The fraction of sp³-hybridized carbons (Fsp3) is 0.722. The van der Waals surface area contributed by atoms with Crippen LogP contribution < -0.4 is 0 Å². The Balaban J connectivity index is 1.83. The molecule has 1 amide bonds. The summed E-state index contributed by atoms with van der Waals surface area (Å²) in [5.74, 6) is 0.969. The molecule has 1 aromatic rings. The second kappa shape index (κ2) is 6.67. The largest absolute Gasteiger partial charge is 0.469 e. The van der Waals surface area contributed by atoms with Crippen molar-refractivity contribution >= 4 is 5.91 Å². The molecule has 1 heterocycles. The van der Waals surface area contributed by atoms with Crippen molar-refractivity contribution in [3.05, 3.63) is 23.7 Å². The summed E-state index contributed by atoms with van der Waals surface area (Å²) in [7, 11) is 0. The van der Waals surface area contributed by atoms with Gasteiger partial charge >= 0.3 is 0 Å². The summed E-state index contributed by atoms with van der Waals surface area (Å²) in [5, 5.41) is 0. The minimum atomic E-state index is 0.208. The predicted octanol–water partition coefficient (Wildman–Crippen LogP) is 4.70. The van der Waals surface area contributed by atoms with E-state index in [0.717, 1.165) is 11.3 Å². The maximum absolute atomic E-state index is 13.1. The Labute approximate surface area is 127 Å².